The molecule has 0 saturated carbocycles. The summed E-state index contributed by atoms with van der Waals surface area (Å²) in [5.74, 6) is 0. The van der Waals surface area contributed by atoms with Crippen LogP contribution in [0.3, 0.4) is 0 Å². The van der Waals surface area contributed by atoms with Crippen LogP contribution in [0.4, 0.5) is 0 Å². The Kier molecular flexibility index (Phi) is 5.85. The van der Waals surface area contributed by atoms with Gasteiger partial charge < -0.3 is 12.4 Å². The Labute approximate surface area is 114 Å². The van der Waals surface area contributed by atoms with E-state index in [9.17, 15) is 0 Å². The first-order valence-corrected chi connectivity index (χ1v) is 5.55. The van der Waals surface area contributed by atoms with E-state index in [1.165, 1.54) is 0 Å². The summed E-state index contributed by atoms with van der Waals surface area (Å²) in [5.41, 5.74) is 0.903. The summed E-state index contributed by atoms with van der Waals surface area (Å²) in [4.78, 5) is 0. The minimum absolute atomic E-state index is 0. The fraction of sp³-hybridized carbons (Fsp3) is 0.333. The van der Waals surface area contributed by atoms with Crippen LogP contribution < -0.4 is 12.4 Å². The molecule has 16 heavy (non-hydrogen) atoms. The van der Waals surface area contributed by atoms with Crippen molar-refractivity contribution in [1.82, 2.24) is 0 Å². The maximum Gasteiger partial charge on any atom is 0.277 e. The quantitative estimate of drug-likeness (QED) is 0.327. The average molecular weight is 281 g/mol. The lowest BCUT2D eigenvalue weighted by molar-refractivity contribution is -0.914. The Morgan fingerprint density at radius 1 is 1.25 bits per heavy atom. The van der Waals surface area contributed by atoms with Gasteiger partial charge in [0.1, 0.15) is 0 Å². The van der Waals surface area contributed by atoms with E-state index in [2.05, 4.69) is 6.58 Å². The third kappa shape index (κ3) is 3.14. The lowest BCUT2D eigenvalue weighted by Crippen LogP contribution is -3.00. The van der Waals surface area contributed by atoms with Crippen LogP contribution in [0.15, 0.2) is 43.0 Å². The fourth-order valence-corrected chi connectivity index (χ4v) is 1.82. The van der Waals surface area contributed by atoms with Crippen molar-refractivity contribution in [2.45, 2.75) is 4.46 Å². The molecule has 0 heterocycles. The molecule has 0 fully saturated rings. The number of hydrogen-bond donors (Lipinski definition) is 0. The van der Waals surface area contributed by atoms with Crippen LogP contribution >= 0.6 is 23.2 Å². The maximum absolute atomic E-state index is 6.42. The van der Waals surface area contributed by atoms with Gasteiger partial charge in [0.25, 0.3) is 4.46 Å². The number of halogens is 3. The molecule has 0 unspecified atom stereocenters. The summed E-state index contributed by atoms with van der Waals surface area (Å²) >= 11 is 12.8. The average Bonchev–Trinajstić information content (AvgIpc) is 2.19. The SMILES string of the molecule is C=CC[N+](C)(C)C(Cl)(Cl)c1ccccc1.[Cl-]. The first-order valence-electron chi connectivity index (χ1n) is 4.79. The number of quaternary nitrogens is 1. The summed E-state index contributed by atoms with van der Waals surface area (Å²) in [6.07, 6.45) is 1.82. The number of hydrogen-bond acceptors (Lipinski definition) is 0. The highest BCUT2D eigenvalue weighted by atomic mass is 35.5. The second-order valence-corrected chi connectivity index (χ2v) is 5.35. The molecule has 0 aromatic heterocycles. The van der Waals surface area contributed by atoms with Gasteiger partial charge in [-0.1, -0.05) is 24.8 Å². The van der Waals surface area contributed by atoms with Crippen molar-refractivity contribution in [2.24, 2.45) is 0 Å². The van der Waals surface area contributed by atoms with Gasteiger partial charge in [0.05, 0.1) is 20.6 Å². The Balaban J connectivity index is 0.00000225. The molecule has 4 heteroatoms. The van der Waals surface area contributed by atoms with E-state index >= 15 is 0 Å². The van der Waals surface area contributed by atoms with Crippen LogP contribution in [0.25, 0.3) is 0 Å². The van der Waals surface area contributed by atoms with Crippen LogP contribution in [-0.2, 0) is 4.46 Å². The van der Waals surface area contributed by atoms with E-state index in [-0.39, 0.29) is 12.4 Å². The zero-order valence-corrected chi connectivity index (χ0v) is 11.7. The third-order valence-electron chi connectivity index (χ3n) is 2.47. The third-order valence-corrected chi connectivity index (χ3v) is 3.82. The number of nitrogens with zero attached hydrogens (tertiary/aromatic N) is 1. The molecule has 0 amide bonds. The minimum atomic E-state index is -0.949. The molecular weight excluding hydrogens is 264 g/mol. The van der Waals surface area contributed by atoms with Gasteiger partial charge in [-0.05, 0) is 41.4 Å². The van der Waals surface area contributed by atoms with Crippen LogP contribution in [0.5, 0.6) is 0 Å². The smallest absolute Gasteiger partial charge is 0.277 e. The van der Waals surface area contributed by atoms with Crippen molar-refractivity contribution in [3.63, 3.8) is 0 Å². The predicted octanol–water partition coefficient (Wildman–Crippen LogP) is 0.541. The van der Waals surface area contributed by atoms with E-state index in [4.69, 9.17) is 23.2 Å². The standard InChI is InChI=1S/C12H16Cl2N.ClH/c1-4-10-15(2,3)12(13,14)11-8-6-5-7-9-11;/h4-9H,1,10H2,2-3H3;1H/q+1;/p-1. The van der Waals surface area contributed by atoms with Gasteiger partial charge >= 0.3 is 0 Å². The molecular formula is C12H16Cl3N. The van der Waals surface area contributed by atoms with E-state index in [0.717, 1.165) is 5.56 Å². The van der Waals surface area contributed by atoms with Gasteiger partial charge in [-0.3, -0.25) is 4.48 Å². The van der Waals surface area contributed by atoms with Crippen LogP contribution in [0.1, 0.15) is 5.56 Å². The molecule has 1 aromatic rings. The normalized spacial score (nSPS) is 11.8. The summed E-state index contributed by atoms with van der Waals surface area (Å²) in [5, 5.41) is 0. The highest BCUT2D eigenvalue weighted by Gasteiger charge is 2.43. The topological polar surface area (TPSA) is 0 Å². The Bertz CT molecular complexity index is 333. The first kappa shape index (κ1) is 15.8. The molecule has 1 nitrogen and oxygen atoms in total. The molecule has 0 aliphatic rings. The first-order chi connectivity index (χ1) is 6.92. The number of likely N-dealkylation sites (N-methyl/N-ethyl adjacent to an activating group) is 1. The monoisotopic (exact) mass is 279 g/mol. The van der Waals surface area contributed by atoms with E-state index in [1.807, 2.05) is 50.5 Å². The van der Waals surface area contributed by atoms with Crippen LogP contribution in [0.2, 0.25) is 0 Å². The van der Waals surface area contributed by atoms with Crippen LogP contribution in [0, 0.1) is 0 Å². The largest absolute Gasteiger partial charge is 1.00 e. The molecule has 0 aliphatic heterocycles. The molecule has 0 radical (unpaired) electrons. The minimum Gasteiger partial charge on any atom is -1.00 e. The molecule has 1 rings (SSSR count). The van der Waals surface area contributed by atoms with Crippen molar-refractivity contribution >= 4 is 23.2 Å². The highest BCUT2D eigenvalue weighted by Crippen LogP contribution is 2.40. The van der Waals surface area contributed by atoms with Gasteiger partial charge in [0.15, 0.2) is 0 Å². The molecule has 90 valence electrons. The molecule has 0 bridgehead atoms. The molecule has 0 atom stereocenters. The molecule has 0 N–H and O–H groups in total. The highest BCUT2D eigenvalue weighted by molar-refractivity contribution is 6.46. The van der Waals surface area contributed by atoms with Crippen LogP contribution in [-0.4, -0.2) is 25.1 Å². The van der Waals surface area contributed by atoms with Crippen molar-refractivity contribution < 1.29 is 16.9 Å². The predicted molar refractivity (Wildman–Crippen MR) is 67.0 cm³/mol. The van der Waals surface area contributed by atoms with Crippen molar-refractivity contribution in [2.75, 3.05) is 20.6 Å². The van der Waals surface area contributed by atoms with E-state index in [0.29, 0.717) is 11.0 Å². The van der Waals surface area contributed by atoms with Crippen molar-refractivity contribution in [3.05, 3.63) is 48.6 Å². The lowest BCUT2D eigenvalue weighted by atomic mass is 10.2. The summed E-state index contributed by atoms with van der Waals surface area (Å²) in [6.45, 7) is 4.43. The molecule has 0 aliphatic carbocycles. The molecule has 0 saturated heterocycles. The summed E-state index contributed by atoms with van der Waals surface area (Å²) in [6, 6.07) is 9.68. The maximum atomic E-state index is 6.42. The Morgan fingerprint density at radius 3 is 2.19 bits per heavy atom. The van der Waals surface area contributed by atoms with Crippen molar-refractivity contribution in [1.29, 1.82) is 0 Å². The molecule has 1 aromatic carbocycles. The number of rotatable bonds is 4. The number of alkyl halides is 2. The Morgan fingerprint density at radius 2 is 1.75 bits per heavy atom. The Hall–Kier alpha value is -0.210. The second-order valence-electron chi connectivity index (χ2n) is 4.06. The zero-order valence-electron chi connectivity index (χ0n) is 9.46. The summed E-state index contributed by atoms with van der Waals surface area (Å²) in [7, 11) is 3.96. The van der Waals surface area contributed by atoms with Gasteiger partial charge in [0.2, 0.25) is 0 Å². The second kappa shape index (κ2) is 5.92. The lowest BCUT2D eigenvalue weighted by Gasteiger charge is -2.39. The molecule has 0 spiro atoms. The van der Waals surface area contributed by atoms with E-state index < -0.39 is 4.46 Å². The van der Waals surface area contributed by atoms with Gasteiger partial charge in [-0.2, -0.15) is 0 Å². The zero-order chi connectivity index (χ0) is 11.5. The fourth-order valence-electron chi connectivity index (χ4n) is 1.43. The van der Waals surface area contributed by atoms with Gasteiger partial charge in [-0.25, -0.2) is 0 Å². The van der Waals surface area contributed by atoms with E-state index in [1.54, 1.807) is 0 Å². The van der Waals surface area contributed by atoms with Crippen molar-refractivity contribution in [3.8, 4) is 0 Å². The van der Waals surface area contributed by atoms with Gasteiger partial charge in [-0.15, -0.1) is 0 Å². The summed E-state index contributed by atoms with van der Waals surface area (Å²) < 4.78 is -0.501. The van der Waals surface area contributed by atoms with Gasteiger partial charge in [0, 0.05) is 5.56 Å². The number of benzene rings is 1.